The van der Waals surface area contributed by atoms with Crippen LogP contribution >= 0.6 is 0 Å². The highest BCUT2D eigenvalue weighted by Gasteiger charge is 2.13. The number of carbonyl (C=O) groups excluding carboxylic acids is 1. The minimum atomic E-state index is -0.573. The number of aromatic nitrogens is 2. The van der Waals surface area contributed by atoms with Crippen molar-refractivity contribution in [2.75, 3.05) is 25.5 Å². The topological polar surface area (TPSA) is 119 Å². The lowest BCUT2D eigenvalue weighted by Crippen LogP contribution is -2.97. The molecule has 1 amide bonds. The molecule has 1 aromatic heterocycles. The van der Waals surface area contributed by atoms with Gasteiger partial charge in [0.2, 0.25) is 5.43 Å². The van der Waals surface area contributed by atoms with Gasteiger partial charge >= 0.3 is 6.09 Å². The number of nitrogens with two attached hydrogens (primary N) is 1. The predicted octanol–water partition coefficient (Wildman–Crippen LogP) is 1.00. The van der Waals surface area contributed by atoms with Crippen molar-refractivity contribution in [2.45, 2.75) is 19.4 Å². The first kappa shape index (κ1) is 24.6. The average molecular weight is 465 g/mol. The van der Waals surface area contributed by atoms with Gasteiger partial charge in [0.05, 0.1) is 13.6 Å². The van der Waals surface area contributed by atoms with Crippen molar-refractivity contribution in [1.29, 1.82) is 0 Å². The number of rotatable bonds is 10. The molecule has 0 radical (unpaired) electrons. The molecule has 1 aromatic carbocycles. The molecule has 2 aromatic rings. The van der Waals surface area contributed by atoms with Crippen LogP contribution in [-0.4, -0.2) is 53.2 Å². The molecule has 0 aliphatic carbocycles. The fourth-order valence-corrected chi connectivity index (χ4v) is 3.12. The standard InChI is InChI=1S/C24H29N7O3/c1-4-30(10-8-18(2)25)12-13-34-24(33)27-20-7-5-6-19(14-20)15-22-23(32)9-11-31(28-22)21-16-26-29(3)17-21/h4-11,14,16-18H,1,12-13,15,25H2,2-3H3,(H,27,33)/p+1/b10-8-/t18-/m0/s1. The Balaban J connectivity index is 1.58. The molecule has 1 aliphatic heterocycles. The molecule has 10 nitrogen and oxygen atoms in total. The lowest BCUT2D eigenvalue weighted by Gasteiger charge is -2.15. The van der Waals surface area contributed by atoms with Crippen molar-refractivity contribution >= 4 is 23.7 Å². The van der Waals surface area contributed by atoms with E-state index in [0.29, 0.717) is 24.3 Å². The zero-order chi connectivity index (χ0) is 24.5. The van der Waals surface area contributed by atoms with Crippen molar-refractivity contribution in [3.63, 3.8) is 0 Å². The van der Waals surface area contributed by atoms with Crippen LogP contribution in [0.3, 0.4) is 0 Å². The van der Waals surface area contributed by atoms with Crippen LogP contribution in [0.15, 0.2) is 77.7 Å². The summed E-state index contributed by atoms with van der Waals surface area (Å²) in [5, 5.41) is 12.3. The van der Waals surface area contributed by atoms with Gasteiger partial charge in [0.25, 0.3) is 0 Å². The zero-order valence-corrected chi connectivity index (χ0v) is 19.3. The van der Waals surface area contributed by atoms with E-state index in [2.05, 4.69) is 22.1 Å². The van der Waals surface area contributed by atoms with Crippen LogP contribution in [-0.2, 0) is 11.2 Å². The Bertz CT molecular complexity index is 1170. The van der Waals surface area contributed by atoms with E-state index in [-0.39, 0.29) is 18.1 Å². The van der Waals surface area contributed by atoms with Crippen molar-refractivity contribution in [3.8, 4) is 0 Å². The van der Waals surface area contributed by atoms with Crippen LogP contribution in [0.4, 0.5) is 10.5 Å². The summed E-state index contributed by atoms with van der Waals surface area (Å²) in [5.41, 5.74) is 8.11. The van der Waals surface area contributed by atoms with Gasteiger partial charge in [0.15, 0.2) is 0 Å². The van der Waals surface area contributed by atoms with Crippen LogP contribution < -0.4 is 21.5 Å². The number of anilines is 1. The third kappa shape index (κ3) is 7.26. The second-order valence-electron chi connectivity index (χ2n) is 7.80. The van der Waals surface area contributed by atoms with E-state index in [1.54, 1.807) is 52.6 Å². The summed E-state index contributed by atoms with van der Waals surface area (Å²) in [4.78, 5) is 26.3. The van der Waals surface area contributed by atoms with Crippen LogP contribution in [0.2, 0.25) is 0 Å². The number of hydrogen-bond acceptors (Lipinski definition) is 7. The SMILES string of the molecule is C=CN(/C=C\[C@H](C)N)CCOC(=O)Nc1cccc(Cc2nn(C3=C[NH+](C)N=C3)ccc2=O)c1. The fraction of sp³-hybridized carbons (Fsp3) is 0.250. The second-order valence-corrected chi connectivity index (χ2v) is 7.80. The number of hydrogen-bond donors (Lipinski definition) is 3. The minimum absolute atomic E-state index is 0.0794. The van der Waals surface area contributed by atoms with Gasteiger partial charge in [-0.05, 0) is 30.8 Å². The number of ether oxygens (including phenoxy) is 1. The number of carbonyl (C=O) groups is 1. The molecule has 0 bridgehead atoms. The molecule has 2 heterocycles. The van der Waals surface area contributed by atoms with Crippen LogP contribution in [0.1, 0.15) is 18.2 Å². The molecule has 0 saturated heterocycles. The van der Waals surface area contributed by atoms with E-state index in [4.69, 9.17) is 10.5 Å². The molecule has 0 saturated carbocycles. The molecule has 0 fully saturated rings. The molecule has 10 heteroatoms. The highest BCUT2D eigenvalue weighted by Crippen LogP contribution is 2.13. The Morgan fingerprint density at radius 1 is 1.41 bits per heavy atom. The van der Waals surface area contributed by atoms with Crippen molar-refractivity contribution in [2.24, 2.45) is 10.8 Å². The summed E-state index contributed by atoms with van der Waals surface area (Å²) in [5.74, 6) is 0. The maximum absolute atomic E-state index is 12.4. The van der Waals surface area contributed by atoms with Gasteiger partial charge in [-0.3, -0.25) is 10.1 Å². The lowest BCUT2D eigenvalue weighted by molar-refractivity contribution is -0.828. The van der Waals surface area contributed by atoms with Gasteiger partial charge in [-0.2, -0.15) is 10.1 Å². The maximum atomic E-state index is 12.4. The van der Waals surface area contributed by atoms with Gasteiger partial charge in [-0.15, -0.1) is 0 Å². The van der Waals surface area contributed by atoms with E-state index in [1.165, 1.54) is 6.07 Å². The number of nitrogens with zero attached hydrogens (tertiary/aromatic N) is 4. The summed E-state index contributed by atoms with van der Waals surface area (Å²) in [6, 6.07) is 8.62. The monoisotopic (exact) mass is 464 g/mol. The normalized spacial score (nSPS) is 15.7. The third-order valence-electron chi connectivity index (χ3n) is 4.84. The smallest absolute Gasteiger partial charge is 0.411 e. The first-order valence-corrected chi connectivity index (χ1v) is 10.9. The Labute approximate surface area is 198 Å². The Morgan fingerprint density at radius 3 is 2.94 bits per heavy atom. The van der Waals surface area contributed by atoms with Gasteiger partial charge in [-0.25, -0.2) is 9.48 Å². The van der Waals surface area contributed by atoms with Crippen LogP contribution in [0.5, 0.6) is 0 Å². The maximum Gasteiger partial charge on any atom is 0.411 e. The quantitative estimate of drug-likeness (QED) is 0.483. The highest BCUT2D eigenvalue weighted by atomic mass is 16.5. The summed E-state index contributed by atoms with van der Waals surface area (Å²) < 4.78 is 6.88. The molecule has 34 heavy (non-hydrogen) atoms. The largest absolute Gasteiger partial charge is 0.447 e. The molecule has 1 aliphatic rings. The molecule has 0 spiro atoms. The van der Waals surface area contributed by atoms with Crippen molar-refractivity contribution < 1.29 is 14.5 Å². The number of nitrogens with one attached hydrogen (secondary N) is 2. The summed E-state index contributed by atoms with van der Waals surface area (Å²) in [6.07, 6.45) is 10.2. The lowest BCUT2D eigenvalue weighted by atomic mass is 10.1. The number of allylic oxidation sites excluding steroid dienone is 1. The van der Waals surface area contributed by atoms with E-state index in [1.807, 2.05) is 32.3 Å². The molecule has 1 unspecified atom stereocenters. The number of quaternary nitrogens is 1. The number of amides is 1. The first-order chi connectivity index (χ1) is 16.3. The van der Waals surface area contributed by atoms with Gasteiger partial charge in [0.1, 0.15) is 30.4 Å². The molecule has 4 N–H and O–H groups in total. The first-order valence-electron chi connectivity index (χ1n) is 10.9. The molecule has 178 valence electrons. The summed E-state index contributed by atoms with van der Waals surface area (Å²) in [7, 11) is 1.89. The minimum Gasteiger partial charge on any atom is -0.447 e. The second kappa shape index (κ2) is 11.7. The van der Waals surface area contributed by atoms with Crippen LogP contribution in [0.25, 0.3) is 5.70 Å². The van der Waals surface area contributed by atoms with Gasteiger partial charge in [-0.1, -0.05) is 29.9 Å². The molecular weight excluding hydrogens is 434 g/mol. The van der Waals surface area contributed by atoms with Crippen molar-refractivity contribution in [3.05, 3.63) is 89.3 Å². The van der Waals surface area contributed by atoms with Gasteiger partial charge < -0.3 is 15.4 Å². The van der Waals surface area contributed by atoms with Crippen LogP contribution in [0, 0.1) is 0 Å². The Kier molecular flexibility index (Phi) is 8.49. The van der Waals surface area contributed by atoms with Gasteiger partial charge in [0, 0.05) is 36.6 Å². The highest BCUT2D eigenvalue weighted by molar-refractivity contribution is 6.01. The average Bonchev–Trinajstić information content (AvgIpc) is 3.24. The van der Waals surface area contributed by atoms with E-state index in [9.17, 15) is 9.59 Å². The van der Waals surface area contributed by atoms with Crippen molar-refractivity contribution in [1.82, 2.24) is 14.7 Å². The fourth-order valence-electron chi connectivity index (χ4n) is 3.12. The third-order valence-corrected chi connectivity index (χ3v) is 4.84. The number of benzene rings is 1. The zero-order valence-electron chi connectivity index (χ0n) is 19.3. The van der Waals surface area contributed by atoms with E-state index >= 15 is 0 Å². The van der Waals surface area contributed by atoms with E-state index < -0.39 is 6.09 Å². The molecule has 2 atom stereocenters. The molecule has 3 rings (SSSR count). The molecular formula is C24H30N7O3+. The summed E-state index contributed by atoms with van der Waals surface area (Å²) >= 11 is 0. The van der Waals surface area contributed by atoms with E-state index in [0.717, 1.165) is 16.3 Å². The predicted molar refractivity (Wildman–Crippen MR) is 132 cm³/mol. The summed E-state index contributed by atoms with van der Waals surface area (Å²) in [6.45, 7) is 6.21. The Morgan fingerprint density at radius 2 is 2.24 bits per heavy atom. The Hall–Kier alpha value is -4.02.